The molecule has 0 atom stereocenters. The second kappa shape index (κ2) is 10.1. The van der Waals surface area contributed by atoms with E-state index in [1.807, 2.05) is 0 Å². The topological polar surface area (TPSA) is 180 Å². The van der Waals surface area contributed by atoms with Crippen LogP contribution >= 0.6 is 0 Å². The molecule has 0 aliphatic heterocycles. The molecule has 0 aliphatic carbocycles. The molecule has 6 aromatic rings. The normalized spacial score (nSPS) is 11.2. The maximum Gasteiger partial charge on any atom is 0.197 e. The summed E-state index contributed by atoms with van der Waals surface area (Å²) in [6, 6.07) is 14.4. The summed E-state index contributed by atoms with van der Waals surface area (Å²) in [5, 5.41) is 52.1. The van der Waals surface area contributed by atoms with E-state index in [9.17, 15) is 35.1 Å². The highest BCUT2D eigenvalue weighted by Gasteiger charge is 2.23. The average Bonchev–Trinajstić information content (AvgIpc) is 2.96. The third-order valence-corrected chi connectivity index (χ3v) is 6.97. The largest absolute Gasteiger partial charge is 0.508 e. The molecule has 0 amide bonds. The Morgan fingerprint density at radius 3 is 1.93 bits per heavy atom. The van der Waals surface area contributed by atoms with Crippen molar-refractivity contribution in [3.05, 3.63) is 87.2 Å². The zero-order valence-electron chi connectivity index (χ0n) is 22.5. The second-order valence-corrected chi connectivity index (χ2v) is 9.58. The Balaban J connectivity index is 1.60. The molecule has 0 aliphatic rings. The van der Waals surface area contributed by atoms with Gasteiger partial charge in [0.25, 0.3) is 0 Å². The van der Waals surface area contributed by atoms with Crippen LogP contribution in [0.3, 0.4) is 0 Å². The van der Waals surface area contributed by atoms with Crippen LogP contribution in [0.2, 0.25) is 0 Å². The highest BCUT2D eigenvalue weighted by Crippen LogP contribution is 2.46. The molecule has 0 unspecified atom stereocenters. The highest BCUT2D eigenvalue weighted by atomic mass is 16.5. The van der Waals surface area contributed by atoms with Gasteiger partial charge in [-0.1, -0.05) is 0 Å². The Hall–Kier alpha value is -6.10. The highest BCUT2D eigenvalue weighted by molar-refractivity contribution is 6.01. The fourth-order valence-electron chi connectivity index (χ4n) is 4.98. The van der Waals surface area contributed by atoms with Gasteiger partial charge in [-0.3, -0.25) is 9.59 Å². The summed E-state index contributed by atoms with van der Waals surface area (Å²) < 4.78 is 22.5. The van der Waals surface area contributed by atoms with Crippen LogP contribution in [0.25, 0.3) is 55.7 Å². The van der Waals surface area contributed by atoms with Crippen LogP contribution < -0.4 is 20.3 Å². The lowest BCUT2D eigenvalue weighted by Gasteiger charge is -2.14. The molecule has 2 aromatic heterocycles. The monoisotopic (exact) mass is 582 g/mol. The van der Waals surface area contributed by atoms with Crippen LogP contribution in [0.15, 0.2) is 85.2 Å². The zero-order chi connectivity index (χ0) is 30.6. The van der Waals surface area contributed by atoms with Gasteiger partial charge in [-0.2, -0.15) is 0 Å². The first-order valence-electron chi connectivity index (χ1n) is 12.7. The molecule has 0 saturated heterocycles. The van der Waals surface area contributed by atoms with E-state index in [1.165, 1.54) is 44.6 Å². The Kier molecular flexibility index (Phi) is 6.34. The minimum Gasteiger partial charge on any atom is -0.508 e. The molecule has 0 radical (unpaired) electrons. The molecule has 11 heteroatoms. The van der Waals surface area contributed by atoms with Gasteiger partial charge in [-0.05, 0) is 36.4 Å². The van der Waals surface area contributed by atoms with Gasteiger partial charge in [0.15, 0.2) is 27.9 Å². The van der Waals surface area contributed by atoms with E-state index < -0.39 is 28.1 Å². The van der Waals surface area contributed by atoms with Gasteiger partial charge in [0.05, 0.1) is 19.8 Å². The third-order valence-electron chi connectivity index (χ3n) is 6.97. The lowest BCUT2D eigenvalue weighted by atomic mass is 9.97. The Bertz CT molecular complexity index is 2210. The van der Waals surface area contributed by atoms with Crippen molar-refractivity contribution in [3.8, 4) is 74.0 Å². The third kappa shape index (κ3) is 4.49. The van der Waals surface area contributed by atoms with E-state index in [4.69, 9.17) is 18.3 Å². The maximum atomic E-state index is 13.2. The van der Waals surface area contributed by atoms with E-state index in [2.05, 4.69) is 0 Å². The molecule has 0 saturated carbocycles. The molecule has 11 nitrogen and oxygen atoms in total. The number of ether oxygens (including phenoxy) is 2. The predicted molar refractivity (Wildman–Crippen MR) is 156 cm³/mol. The molecule has 6 rings (SSSR count). The summed E-state index contributed by atoms with van der Waals surface area (Å²) in [5.74, 6) is -1.27. The van der Waals surface area contributed by atoms with Crippen LogP contribution in [0.4, 0.5) is 0 Å². The van der Waals surface area contributed by atoms with Crippen molar-refractivity contribution in [1.82, 2.24) is 0 Å². The van der Waals surface area contributed by atoms with Gasteiger partial charge < -0.3 is 43.8 Å². The number of phenolic OH excluding ortho intramolecular Hbond substituents is 5. The molecule has 2 heterocycles. The minimum atomic E-state index is -0.624. The maximum absolute atomic E-state index is 13.2. The molecule has 0 bridgehead atoms. The van der Waals surface area contributed by atoms with E-state index >= 15 is 0 Å². The first kappa shape index (κ1) is 27.1. The molecule has 5 N–H and O–H groups in total. The first-order chi connectivity index (χ1) is 20.6. The van der Waals surface area contributed by atoms with Crippen molar-refractivity contribution in [2.24, 2.45) is 0 Å². The summed E-state index contributed by atoms with van der Waals surface area (Å²) in [6.45, 7) is 0. The fraction of sp³-hybridized carbons (Fsp3) is 0.0625. The van der Waals surface area contributed by atoms with Crippen molar-refractivity contribution in [2.45, 2.75) is 0 Å². The molecule has 0 spiro atoms. The summed E-state index contributed by atoms with van der Waals surface area (Å²) >= 11 is 0. The smallest absolute Gasteiger partial charge is 0.197 e. The lowest BCUT2D eigenvalue weighted by Crippen LogP contribution is -2.02. The molecular formula is C32H22O11. The van der Waals surface area contributed by atoms with Crippen LogP contribution in [-0.2, 0) is 0 Å². The standard InChI is InChI=1S/C32H22O11/c1-40-24-6-4-15(8-27(24)41-2)26-13-23(39)31-21(37)11-20(36)29(32(31)43-26)17-7-14(3-5-18(17)34)25-12-22(38)30-19(35)9-16(33)10-28(30)42-25/h3-13,33-37H,1-2H3. The Morgan fingerprint density at radius 2 is 1.21 bits per heavy atom. The van der Waals surface area contributed by atoms with E-state index in [-0.39, 0.29) is 61.6 Å². The number of hydrogen-bond donors (Lipinski definition) is 5. The lowest BCUT2D eigenvalue weighted by molar-refractivity contribution is 0.355. The van der Waals surface area contributed by atoms with Crippen molar-refractivity contribution < 1.29 is 43.8 Å². The predicted octanol–water partition coefficient (Wildman–Crippen LogP) is 5.45. The van der Waals surface area contributed by atoms with E-state index in [0.29, 0.717) is 17.1 Å². The Morgan fingerprint density at radius 1 is 0.581 bits per heavy atom. The van der Waals surface area contributed by atoms with Gasteiger partial charge in [-0.25, -0.2) is 0 Å². The number of phenols is 5. The average molecular weight is 583 g/mol. The van der Waals surface area contributed by atoms with Crippen molar-refractivity contribution >= 4 is 21.9 Å². The van der Waals surface area contributed by atoms with Gasteiger partial charge in [0.2, 0.25) is 0 Å². The quantitative estimate of drug-likeness (QED) is 0.174. The van der Waals surface area contributed by atoms with E-state index in [1.54, 1.807) is 18.2 Å². The SMILES string of the molecule is COc1ccc(-c2cc(=O)c3c(O)cc(O)c(-c4cc(-c5cc(=O)c6c(O)cc(O)cc6o5)ccc4O)c3o2)cc1OC. The number of hydrogen-bond acceptors (Lipinski definition) is 11. The second-order valence-electron chi connectivity index (χ2n) is 9.58. The van der Waals surface area contributed by atoms with Crippen LogP contribution in [0.1, 0.15) is 0 Å². The first-order valence-corrected chi connectivity index (χ1v) is 12.7. The fourth-order valence-corrected chi connectivity index (χ4v) is 4.98. The summed E-state index contributed by atoms with van der Waals surface area (Å²) in [5.41, 5.74) is -0.983. The van der Waals surface area contributed by atoms with Gasteiger partial charge in [-0.15, -0.1) is 0 Å². The molecule has 43 heavy (non-hydrogen) atoms. The molecular weight excluding hydrogens is 560 g/mol. The Labute approximate surface area is 241 Å². The van der Waals surface area contributed by atoms with Crippen molar-refractivity contribution in [2.75, 3.05) is 14.2 Å². The molecule has 0 fully saturated rings. The van der Waals surface area contributed by atoms with Gasteiger partial charge >= 0.3 is 0 Å². The number of fused-ring (bicyclic) bond motifs is 2. The van der Waals surface area contributed by atoms with Crippen LogP contribution in [0, 0.1) is 0 Å². The van der Waals surface area contributed by atoms with Crippen molar-refractivity contribution in [1.29, 1.82) is 0 Å². The number of benzene rings is 4. The summed E-state index contributed by atoms with van der Waals surface area (Å²) in [7, 11) is 2.92. The van der Waals surface area contributed by atoms with Crippen LogP contribution in [-0.4, -0.2) is 39.8 Å². The zero-order valence-corrected chi connectivity index (χ0v) is 22.5. The van der Waals surface area contributed by atoms with Gasteiger partial charge in [0, 0.05) is 47.0 Å². The van der Waals surface area contributed by atoms with Gasteiger partial charge in [0.1, 0.15) is 56.6 Å². The minimum absolute atomic E-state index is 0.0128. The summed E-state index contributed by atoms with van der Waals surface area (Å²) in [6.07, 6.45) is 0. The number of methoxy groups -OCH3 is 2. The number of aromatic hydroxyl groups is 5. The molecule has 216 valence electrons. The summed E-state index contributed by atoms with van der Waals surface area (Å²) in [4.78, 5) is 26.0. The van der Waals surface area contributed by atoms with E-state index in [0.717, 1.165) is 18.2 Å². The number of rotatable bonds is 5. The molecule has 4 aromatic carbocycles. The van der Waals surface area contributed by atoms with Crippen LogP contribution in [0.5, 0.6) is 40.2 Å². The van der Waals surface area contributed by atoms with Crippen molar-refractivity contribution in [3.63, 3.8) is 0 Å².